The number of hydrogen-bond acceptors (Lipinski definition) is 5. The van der Waals surface area contributed by atoms with Crippen molar-refractivity contribution < 1.29 is 9.53 Å². The molecule has 1 saturated heterocycles. The Morgan fingerprint density at radius 1 is 1.15 bits per heavy atom. The molecular formula is C20H19ClN4O2. The highest BCUT2D eigenvalue weighted by Gasteiger charge is 2.41. The Balaban J connectivity index is 1.57. The van der Waals surface area contributed by atoms with Crippen molar-refractivity contribution >= 4 is 40.3 Å². The summed E-state index contributed by atoms with van der Waals surface area (Å²) in [6.07, 6.45) is 0. The quantitative estimate of drug-likeness (QED) is 0.867. The molecule has 5 rings (SSSR count). The second-order valence-corrected chi connectivity index (χ2v) is 7.26. The molecule has 0 aliphatic carbocycles. The summed E-state index contributed by atoms with van der Waals surface area (Å²) in [5.41, 5.74) is 4.44. The number of hydrazone groups is 1. The van der Waals surface area contributed by atoms with E-state index in [0.717, 1.165) is 41.4 Å². The van der Waals surface area contributed by atoms with Crippen LogP contribution in [0.5, 0.6) is 0 Å². The first-order chi connectivity index (χ1) is 13.2. The van der Waals surface area contributed by atoms with E-state index in [1.54, 1.807) is 0 Å². The predicted octanol–water partition coefficient (Wildman–Crippen LogP) is 2.97. The van der Waals surface area contributed by atoms with Crippen molar-refractivity contribution in [1.82, 2.24) is 0 Å². The van der Waals surface area contributed by atoms with Crippen LogP contribution in [0.3, 0.4) is 0 Å². The van der Waals surface area contributed by atoms with Crippen molar-refractivity contribution in [1.29, 1.82) is 0 Å². The Morgan fingerprint density at radius 2 is 1.93 bits per heavy atom. The normalized spacial score (nSPS) is 21.4. The van der Waals surface area contributed by atoms with Gasteiger partial charge in [0.15, 0.2) is 0 Å². The molecule has 1 amide bonds. The second kappa shape index (κ2) is 6.55. The minimum atomic E-state index is -0.281. The summed E-state index contributed by atoms with van der Waals surface area (Å²) >= 11 is 6.55. The summed E-state index contributed by atoms with van der Waals surface area (Å²) < 4.78 is 5.45. The van der Waals surface area contributed by atoms with Gasteiger partial charge in [-0.1, -0.05) is 29.8 Å². The first kappa shape index (κ1) is 16.6. The van der Waals surface area contributed by atoms with Gasteiger partial charge in [0.25, 0.3) is 5.91 Å². The zero-order valence-electron chi connectivity index (χ0n) is 14.7. The van der Waals surface area contributed by atoms with E-state index >= 15 is 0 Å². The van der Waals surface area contributed by atoms with Gasteiger partial charge in [0.1, 0.15) is 5.92 Å². The first-order valence-corrected chi connectivity index (χ1v) is 9.48. The Bertz CT molecular complexity index is 925. The van der Waals surface area contributed by atoms with E-state index in [0.29, 0.717) is 24.8 Å². The predicted molar refractivity (Wildman–Crippen MR) is 107 cm³/mol. The van der Waals surface area contributed by atoms with Crippen LogP contribution < -0.4 is 15.2 Å². The highest BCUT2D eigenvalue weighted by atomic mass is 35.5. The van der Waals surface area contributed by atoms with Crippen molar-refractivity contribution in [2.75, 3.05) is 48.1 Å². The van der Waals surface area contributed by atoms with Crippen LogP contribution in [0, 0.1) is 5.92 Å². The van der Waals surface area contributed by atoms with Gasteiger partial charge >= 0.3 is 0 Å². The number of rotatable bonds is 2. The number of para-hydroxylation sites is 1. The van der Waals surface area contributed by atoms with E-state index in [-0.39, 0.29) is 11.8 Å². The fourth-order valence-electron chi connectivity index (χ4n) is 3.85. The molecule has 2 aromatic carbocycles. The van der Waals surface area contributed by atoms with Crippen LogP contribution in [0.15, 0.2) is 47.6 Å². The van der Waals surface area contributed by atoms with Gasteiger partial charge in [-0.15, -0.1) is 0 Å². The fraction of sp³-hybridized carbons (Fsp3) is 0.300. The number of nitrogens with zero attached hydrogens (tertiary/aromatic N) is 3. The van der Waals surface area contributed by atoms with Gasteiger partial charge < -0.3 is 15.0 Å². The molecule has 7 heteroatoms. The van der Waals surface area contributed by atoms with Crippen LogP contribution in [0.4, 0.5) is 17.1 Å². The standard InChI is InChI=1S/C20H19ClN4O2/c21-16-11-17-14(10-18(16)24-6-8-27-9-7-24)19-15(12-22-17)20(26)25(23-19)13-4-2-1-3-5-13/h1-5,10-11,15,22H,6-9,12H2. The molecule has 1 N–H and O–H groups in total. The summed E-state index contributed by atoms with van der Waals surface area (Å²) in [4.78, 5) is 15.1. The first-order valence-electron chi connectivity index (χ1n) is 9.10. The fourth-order valence-corrected chi connectivity index (χ4v) is 4.13. The maximum atomic E-state index is 12.9. The van der Waals surface area contributed by atoms with Gasteiger partial charge in [0, 0.05) is 30.9 Å². The summed E-state index contributed by atoms with van der Waals surface area (Å²) in [6.45, 7) is 3.51. The third-order valence-electron chi connectivity index (χ3n) is 5.26. The molecule has 3 aliphatic rings. The van der Waals surface area contributed by atoms with Crippen LogP contribution in [0.2, 0.25) is 5.02 Å². The highest BCUT2D eigenvalue weighted by molar-refractivity contribution is 6.34. The number of ether oxygens (including phenoxy) is 1. The largest absolute Gasteiger partial charge is 0.383 e. The number of nitrogens with one attached hydrogen (secondary N) is 1. The molecule has 0 saturated carbocycles. The molecule has 27 heavy (non-hydrogen) atoms. The Morgan fingerprint density at radius 3 is 2.70 bits per heavy atom. The van der Waals surface area contributed by atoms with Crippen LogP contribution in [0.25, 0.3) is 0 Å². The monoisotopic (exact) mass is 382 g/mol. The van der Waals surface area contributed by atoms with Gasteiger partial charge in [-0.05, 0) is 24.3 Å². The van der Waals surface area contributed by atoms with E-state index in [4.69, 9.17) is 21.4 Å². The van der Waals surface area contributed by atoms with E-state index in [1.165, 1.54) is 5.01 Å². The highest BCUT2D eigenvalue weighted by Crippen LogP contribution is 2.38. The lowest BCUT2D eigenvalue weighted by atomic mass is 9.91. The molecule has 6 nitrogen and oxygen atoms in total. The minimum Gasteiger partial charge on any atom is -0.383 e. The maximum absolute atomic E-state index is 12.9. The number of hydrogen-bond donors (Lipinski definition) is 1. The van der Waals surface area contributed by atoms with Crippen molar-refractivity contribution in [3.63, 3.8) is 0 Å². The Labute approximate surface area is 162 Å². The number of halogens is 1. The molecule has 0 bridgehead atoms. The number of anilines is 3. The minimum absolute atomic E-state index is 0.00257. The molecule has 3 heterocycles. The molecule has 3 aliphatic heterocycles. The topological polar surface area (TPSA) is 57.2 Å². The lowest BCUT2D eigenvalue weighted by molar-refractivity contribution is -0.119. The smallest absolute Gasteiger partial charge is 0.258 e. The third-order valence-corrected chi connectivity index (χ3v) is 5.56. The van der Waals surface area contributed by atoms with Crippen LogP contribution >= 0.6 is 11.6 Å². The van der Waals surface area contributed by atoms with Crippen molar-refractivity contribution in [3.8, 4) is 0 Å². The summed E-state index contributed by atoms with van der Waals surface area (Å²) in [7, 11) is 0. The van der Waals surface area contributed by atoms with Crippen molar-refractivity contribution in [2.24, 2.45) is 11.0 Å². The molecule has 0 radical (unpaired) electrons. The molecular weight excluding hydrogens is 364 g/mol. The van der Waals surface area contributed by atoms with E-state index in [1.807, 2.05) is 36.4 Å². The van der Waals surface area contributed by atoms with Crippen molar-refractivity contribution in [2.45, 2.75) is 0 Å². The lowest BCUT2D eigenvalue weighted by Crippen LogP contribution is -2.38. The maximum Gasteiger partial charge on any atom is 0.258 e. The SMILES string of the molecule is O=C1C2CNc3cc(Cl)c(N4CCOCC4)cc3C2=NN1c1ccccc1. The number of carbonyl (C=O) groups excluding carboxylic acids is 1. The molecule has 0 spiro atoms. The van der Waals surface area contributed by atoms with E-state index < -0.39 is 0 Å². The Kier molecular flexibility index (Phi) is 4.02. The zero-order valence-corrected chi connectivity index (χ0v) is 15.4. The summed E-state index contributed by atoms with van der Waals surface area (Å²) in [5, 5.41) is 10.3. The Hall–Kier alpha value is -2.57. The molecule has 0 aromatic heterocycles. The number of fused-ring (bicyclic) bond motifs is 3. The van der Waals surface area contributed by atoms with Gasteiger partial charge in [-0.2, -0.15) is 10.1 Å². The van der Waals surface area contributed by atoms with Gasteiger partial charge in [0.05, 0.1) is 35.3 Å². The van der Waals surface area contributed by atoms with Gasteiger partial charge in [0.2, 0.25) is 0 Å². The average molecular weight is 383 g/mol. The number of morpholine rings is 1. The van der Waals surface area contributed by atoms with Crippen LogP contribution in [-0.4, -0.2) is 44.5 Å². The zero-order chi connectivity index (χ0) is 18.4. The van der Waals surface area contributed by atoms with Crippen LogP contribution in [0.1, 0.15) is 5.56 Å². The summed E-state index contributed by atoms with van der Waals surface area (Å²) in [5.74, 6) is -0.284. The molecule has 1 atom stereocenters. The number of carbonyl (C=O) groups is 1. The van der Waals surface area contributed by atoms with E-state index in [9.17, 15) is 4.79 Å². The van der Waals surface area contributed by atoms with Gasteiger partial charge in [-0.25, -0.2) is 0 Å². The third kappa shape index (κ3) is 2.76. The molecule has 1 unspecified atom stereocenters. The van der Waals surface area contributed by atoms with Crippen molar-refractivity contribution in [3.05, 3.63) is 53.1 Å². The van der Waals surface area contributed by atoms with E-state index in [2.05, 4.69) is 16.3 Å². The van der Waals surface area contributed by atoms with Gasteiger partial charge in [-0.3, -0.25) is 4.79 Å². The molecule has 138 valence electrons. The summed E-state index contributed by atoms with van der Waals surface area (Å²) in [6, 6.07) is 13.5. The number of amides is 1. The molecule has 2 aromatic rings. The second-order valence-electron chi connectivity index (χ2n) is 6.85. The van der Waals surface area contributed by atoms with Crippen LogP contribution in [-0.2, 0) is 9.53 Å². The lowest BCUT2D eigenvalue weighted by Gasteiger charge is -2.31. The number of benzene rings is 2. The molecule has 1 fully saturated rings. The average Bonchev–Trinajstić information content (AvgIpc) is 3.06.